The lowest BCUT2D eigenvalue weighted by Crippen LogP contribution is -2.17. The van der Waals surface area contributed by atoms with Gasteiger partial charge in [0.05, 0.1) is 16.8 Å². The Bertz CT molecular complexity index is 1120. The number of ether oxygens (including phenoxy) is 2. The maximum atomic E-state index is 13.4. The van der Waals surface area contributed by atoms with Crippen LogP contribution in [0.25, 0.3) is 10.2 Å². The van der Waals surface area contributed by atoms with Crippen molar-refractivity contribution in [1.29, 1.82) is 0 Å². The molecule has 0 N–H and O–H groups in total. The second-order valence-electron chi connectivity index (χ2n) is 5.57. The second-order valence-corrected chi connectivity index (χ2v) is 6.57. The molecule has 4 rings (SSSR count). The number of carbonyl (C=O) groups excluding carboxylic acids is 1. The quantitative estimate of drug-likeness (QED) is 0.654. The number of terminal acetylenes is 1. The first-order chi connectivity index (χ1) is 12.7. The Hall–Kier alpha value is -3.11. The van der Waals surface area contributed by atoms with E-state index in [4.69, 9.17) is 15.9 Å². The predicted octanol–water partition coefficient (Wildman–Crippen LogP) is 2.99. The van der Waals surface area contributed by atoms with Crippen LogP contribution in [-0.4, -0.2) is 23.7 Å². The highest BCUT2D eigenvalue weighted by Gasteiger charge is 2.16. The number of hydrogen-bond acceptors (Lipinski definition) is 4. The highest BCUT2D eigenvalue weighted by atomic mass is 32.1. The molecular formula is C19H13FN2O3S. The fraction of sp³-hybridized carbons (Fsp3) is 0.158. The van der Waals surface area contributed by atoms with Crippen LogP contribution in [0.3, 0.4) is 0 Å². The molecule has 1 aromatic heterocycles. The number of rotatable bonds is 2. The summed E-state index contributed by atoms with van der Waals surface area (Å²) in [6, 6.07) is 9.12. The van der Waals surface area contributed by atoms with E-state index >= 15 is 0 Å². The van der Waals surface area contributed by atoms with Gasteiger partial charge in [-0.1, -0.05) is 23.3 Å². The van der Waals surface area contributed by atoms with Gasteiger partial charge in [0.2, 0.25) is 0 Å². The van der Waals surface area contributed by atoms with E-state index in [-0.39, 0.29) is 12.1 Å². The van der Waals surface area contributed by atoms with Crippen LogP contribution in [-0.2, 0) is 6.54 Å². The third kappa shape index (κ3) is 2.95. The van der Waals surface area contributed by atoms with Gasteiger partial charge in [-0.15, -0.1) is 6.42 Å². The van der Waals surface area contributed by atoms with Gasteiger partial charge in [-0.25, -0.2) is 4.39 Å². The minimum atomic E-state index is -0.529. The fourth-order valence-electron chi connectivity index (χ4n) is 2.71. The summed E-state index contributed by atoms with van der Waals surface area (Å²) in [5, 5.41) is 0. The average molecular weight is 368 g/mol. The Morgan fingerprint density at radius 1 is 1.27 bits per heavy atom. The van der Waals surface area contributed by atoms with Crippen molar-refractivity contribution in [3.8, 4) is 23.8 Å². The van der Waals surface area contributed by atoms with Crippen molar-refractivity contribution in [2.75, 3.05) is 13.2 Å². The van der Waals surface area contributed by atoms with E-state index in [9.17, 15) is 9.18 Å². The number of hydrogen-bond donors (Lipinski definition) is 0. The van der Waals surface area contributed by atoms with Crippen LogP contribution >= 0.6 is 11.3 Å². The van der Waals surface area contributed by atoms with Crippen molar-refractivity contribution >= 4 is 27.5 Å². The van der Waals surface area contributed by atoms with Crippen molar-refractivity contribution in [3.05, 3.63) is 52.6 Å². The third-order valence-electron chi connectivity index (χ3n) is 3.86. The number of thiazole rings is 1. The second kappa shape index (κ2) is 6.65. The third-order valence-corrected chi connectivity index (χ3v) is 4.91. The van der Waals surface area contributed by atoms with E-state index in [1.54, 1.807) is 4.57 Å². The topological polar surface area (TPSA) is 52.8 Å². The molecule has 2 aromatic carbocycles. The van der Waals surface area contributed by atoms with Gasteiger partial charge >= 0.3 is 0 Å². The maximum Gasteiger partial charge on any atom is 0.279 e. The monoisotopic (exact) mass is 368 g/mol. The van der Waals surface area contributed by atoms with Gasteiger partial charge in [-0.05, 0) is 18.2 Å². The molecule has 0 unspecified atom stereocenters. The molecule has 0 spiro atoms. The van der Waals surface area contributed by atoms with Gasteiger partial charge in [-0.3, -0.25) is 4.79 Å². The molecule has 0 aliphatic carbocycles. The van der Waals surface area contributed by atoms with Crippen molar-refractivity contribution in [2.45, 2.75) is 6.54 Å². The van der Waals surface area contributed by atoms with Gasteiger partial charge < -0.3 is 14.0 Å². The standard InChI is InChI=1S/C19H13FN2O3S/c1-2-6-22-14-10-15-16(25-8-7-24-15)11-17(14)26-19(22)21-18(23)12-4-3-5-13(20)9-12/h1,3-5,9-11H,6-8H2. The van der Waals surface area contributed by atoms with Gasteiger partial charge in [0.25, 0.3) is 5.91 Å². The van der Waals surface area contributed by atoms with Crippen LogP contribution in [0.2, 0.25) is 0 Å². The van der Waals surface area contributed by atoms with Crippen molar-refractivity contribution in [3.63, 3.8) is 0 Å². The molecule has 2 heterocycles. The summed E-state index contributed by atoms with van der Waals surface area (Å²) in [7, 11) is 0. The highest BCUT2D eigenvalue weighted by Crippen LogP contribution is 2.35. The van der Waals surface area contributed by atoms with Gasteiger partial charge in [0, 0.05) is 17.7 Å². The first-order valence-electron chi connectivity index (χ1n) is 7.87. The van der Waals surface area contributed by atoms with Crippen LogP contribution in [0.4, 0.5) is 4.39 Å². The SMILES string of the molecule is C#CCn1c(=NC(=O)c2cccc(F)c2)sc2cc3c(cc21)OCCO3. The lowest BCUT2D eigenvalue weighted by molar-refractivity contribution is 0.0997. The molecule has 3 aromatic rings. The summed E-state index contributed by atoms with van der Waals surface area (Å²) in [6.45, 7) is 1.21. The lowest BCUT2D eigenvalue weighted by Gasteiger charge is -2.18. The van der Waals surface area contributed by atoms with Gasteiger partial charge in [0.1, 0.15) is 19.0 Å². The molecule has 0 atom stereocenters. The largest absolute Gasteiger partial charge is 0.486 e. The molecule has 1 aliphatic rings. The number of carbonyl (C=O) groups is 1. The van der Waals surface area contributed by atoms with Crippen molar-refractivity contribution in [1.82, 2.24) is 4.57 Å². The molecule has 0 fully saturated rings. The minimum Gasteiger partial charge on any atom is -0.486 e. The maximum absolute atomic E-state index is 13.4. The van der Waals surface area contributed by atoms with Crippen LogP contribution in [0.5, 0.6) is 11.5 Å². The summed E-state index contributed by atoms with van der Waals surface area (Å²) in [5.74, 6) is 2.85. The van der Waals surface area contributed by atoms with E-state index in [1.807, 2.05) is 12.1 Å². The molecule has 7 heteroatoms. The van der Waals surface area contributed by atoms with Crippen LogP contribution < -0.4 is 14.3 Å². The van der Waals surface area contributed by atoms with Gasteiger partial charge in [0.15, 0.2) is 16.3 Å². The summed E-state index contributed by atoms with van der Waals surface area (Å²) in [5.41, 5.74) is 0.990. The van der Waals surface area contributed by atoms with Gasteiger partial charge in [-0.2, -0.15) is 4.99 Å². The number of amides is 1. The zero-order valence-corrected chi connectivity index (χ0v) is 14.4. The first kappa shape index (κ1) is 16.4. The van der Waals surface area contributed by atoms with E-state index in [0.29, 0.717) is 29.5 Å². The van der Waals surface area contributed by atoms with E-state index < -0.39 is 11.7 Å². The molecular weight excluding hydrogens is 355 g/mol. The van der Waals surface area contributed by atoms with Crippen molar-refractivity contribution in [2.24, 2.45) is 4.99 Å². The molecule has 0 saturated carbocycles. The Kier molecular flexibility index (Phi) is 4.19. The van der Waals surface area contributed by atoms with Crippen LogP contribution in [0.15, 0.2) is 41.4 Å². The Morgan fingerprint density at radius 2 is 2.04 bits per heavy atom. The molecule has 5 nitrogen and oxygen atoms in total. The molecule has 26 heavy (non-hydrogen) atoms. The summed E-state index contributed by atoms with van der Waals surface area (Å²) in [6.07, 6.45) is 5.48. The molecule has 1 aliphatic heterocycles. The molecule has 1 amide bonds. The Labute approximate surface area is 152 Å². The smallest absolute Gasteiger partial charge is 0.279 e. The number of aromatic nitrogens is 1. The molecule has 130 valence electrons. The number of halogens is 1. The summed E-state index contributed by atoms with van der Waals surface area (Å²) < 4.78 is 27.2. The first-order valence-corrected chi connectivity index (χ1v) is 8.68. The lowest BCUT2D eigenvalue weighted by atomic mass is 10.2. The highest BCUT2D eigenvalue weighted by molar-refractivity contribution is 7.16. The normalized spacial score (nSPS) is 13.6. The zero-order chi connectivity index (χ0) is 18.1. The average Bonchev–Trinajstić information content (AvgIpc) is 2.96. The van der Waals surface area contributed by atoms with E-state index in [2.05, 4.69) is 10.9 Å². The fourth-order valence-corrected chi connectivity index (χ4v) is 3.75. The zero-order valence-electron chi connectivity index (χ0n) is 13.6. The number of nitrogens with zero attached hydrogens (tertiary/aromatic N) is 2. The minimum absolute atomic E-state index is 0.181. The van der Waals surface area contributed by atoms with E-state index in [0.717, 1.165) is 16.3 Å². The molecule has 0 radical (unpaired) electrons. The van der Waals surface area contributed by atoms with Crippen LogP contribution in [0.1, 0.15) is 10.4 Å². The molecule has 0 bridgehead atoms. The molecule has 0 saturated heterocycles. The Morgan fingerprint density at radius 3 is 2.77 bits per heavy atom. The summed E-state index contributed by atoms with van der Waals surface area (Å²) in [4.78, 5) is 17.0. The Balaban J connectivity index is 1.87. The number of benzene rings is 2. The number of fused-ring (bicyclic) bond motifs is 2. The van der Waals surface area contributed by atoms with Crippen molar-refractivity contribution < 1.29 is 18.7 Å². The van der Waals surface area contributed by atoms with Crippen LogP contribution in [0, 0.1) is 18.2 Å². The predicted molar refractivity (Wildman–Crippen MR) is 95.9 cm³/mol. The van der Waals surface area contributed by atoms with E-state index in [1.165, 1.54) is 29.5 Å². The summed E-state index contributed by atoms with van der Waals surface area (Å²) >= 11 is 1.31.